The maximum atomic E-state index is 5.43. The number of terminal acetylenes is 1. The van der Waals surface area contributed by atoms with Crippen molar-refractivity contribution in [2.75, 3.05) is 0 Å². The van der Waals surface area contributed by atoms with Crippen LogP contribution < -0.4 is 0 Å². The number of hydrogen-bond acceptors (Lipinski definition) is 0. The smallest absolute Gasteiger partial charge is 0.0245 e. The van der Waals surface area contributed by atoms with Crippen LogP contribution in [0.2, 0.25) is 0 Å². The van der Waals surface area contributed by atoms with Crippen LogP contribution in [0, 0.1) is 18.3 Å². The van der Waals surface area contributed by atoms with Crippen LogP contribution in [-0.4, -0.2) is 0 Å². The summed E-state index contributed by atoms with van der Waals surface area (Å²) < 4.78 is 0. The van der Waals surface area contributed by atoms with Gasteiger partial charge in [0.05, 0.1) is 0 Å². The van der Waals surface area contributed by atoms with Crippen molar-refractivity contribution >= 4 is 0 Å². The van der Waals surface area contributed by atoms with Gasteiger partial charge in [-0.15, -0.1) is 6.42 Å². The molecule has 0 heterocycles. The molecule has 0 amide bonds. The van der Waals surface area contributed by atoms with Crippen LogP contribution in [-0.2, 0) is 5.41 Å². The Morgan fingerprint density at radius 1 is 1.31 bits per heavy atom. The molecule has 0 saturated heterocycles. The standard InChI is InChI=1S/C16H22/c1-6-14-8-7-9-15(12-14)16(4,5)11-10-13(2)3/h1,7-9,12-13H,10-11H2,2-5H3. The summed E-state index contributed by atoms with van der Waals surface area (Å²) >= 11 is 0. The van der Waals surface area contributed by atoms with Crippen LogP contribution in [0.4, 0.5) is 0 Å². The van der Waals surface area contributed by atoms with E-state index < -0.39 is 0 Å². The molecule has 0 radical (unpaired) electrons. The second kappa shape index (κ2) is 5.21. The van der Waals surface area contributed by atoms with Crippen molar-refractivity contribution in [2.45, 2.75) is 46.0 Å². The quantitative estimate of drug-likeness (QED) is 0.652. The fourth-order valence-corrected chi connectivity index (χ4v) is 1.82. The minimum Gasteiger partial charge on any atom is -0.115 e. The molecule has 0 atom stereocenters. The summed E-state index contributed by atoms with van der Waals surface area (Å²) in [6, 6.07) is 8.37. The first-order valence-corrected chi connectivity index (χ1v) is 6.03. The maximum Gasteiger partial charge on any atom is 0.0245 e. The molecule has 1 aromatic rings. The summed E-state index contributed by atoms with van der Waals surface area (Å²) in [6.45, 7) is 9.14. The Morgan fingerprint density at radius 2 is 2.00 bits per heavy atom. The lowest BCUT2D eigenvalue weighted by atomic mass is 9.78. The van der Waals surface area contributed by atoms with Crippen molar-refractivity contribution in [1.82, 2.24) is 0 Å². The Bertz CT molecular complexity index is 377. The summed E-state index contributed by atoms with van der Waals surface area (Å²) in [6.07, 6.45) is 7.90. The molecule has 0 fully saturated rings. The molecule has 1 aromatic carbocycles. The van der Waals surface area contributed by atoms with Crippen LogP contribution in [0.5, 0.6) is 0 Å². The SMILES string of the molecule is C#Cc1cccc(C(C)(C)CCC(C)C)c1. The fraction of sp³-hybridized carbons (Fsp3) is 0.500. The molecule has 0 heteroatoms. The highest BCUT2D eigenvalue weighted by atomic mass is 14.2. The molecule has 1 rings (SSSR count). The zero-order valence-corrected chi connectivity index (χ0v) is 10.9. The Hall–Kier alpha value is -1.22. The molecule has 0 aromatic heterocycles. The van der Waals surface area contributed by atoms with Crippen molar-refractivity contribution in [3.05, 3.63) is 35.4 Å². The van der Waals surface area contributed by atoms with Gasteiger partial charge in [0.15, 0.2) is 0 Å². The summed E-state index contributed by atoms with van der Waals surface area (Å²) in [5, 5.41) is 0. The van der Waals surface area contributed by atoms with Crippen LogP contribution in [0.1, 0.15) is 51.7 Å². The van der Waals surface area contributed by atoms with Crippen molar-refractivity contribution in [3.63, 3.8) is 0 Å². The first-order valence-electron chi connectivity index (χ1n) is 6.03. The van der Waals surface area contributed by atoms with E-state index in [2.05, 4.69) is 51.8 Å². The van der Waals surface area contributed by atoms with Crippen molar-refractivity contribution < 1.29 is 0 Å². The van der Waals surface area contributed by atoms with E-state index in [4.69, 9.17) is 6.42 Å². The number of hydrogen-bond donors (Lipinski definition) is 0. The Kier molecular flexibility index (Phi) is 4.19. The van der Waals surface area contributed by atoms with Crippen molar-refractivity contribution in [1.29, 1.82) is 0 Å². The molecule has 0 saturated carbocycles. The van der Waals surface area contributed by atoms with Crippen molar-refractivity contribution in [2.24, 2.45) is 5.92 Å². The summed E-state index contributed by atoms with van der Waals surface area (Å²) in [5.41, 5.74) is 2.55. The third-order valence-electron chi connectivity index (χ3n) is 3.16. The van der Waals surface area contributed by atoms with E-state index in [9.17, 15) is 0 Å². The van der Waals surface area contributed by atoms with Crippen LogP contribution in [0.15, 0.2) is 24.3 Å². The van der Waals surface area contributed by atoms with Gasteiger partial charge >= 0.3 is 0 Å². The Labute approximate surface area is 100 Å². The highest BCUT2D eigenvalue weighted by Crippen LogP contribution is 2.30. The molecule has 0 spiro atoms. The van der Waals surface area contributed by atoms with E-state index >= 15 is 0 Å². The molecule has 0 unspecified atom stereocenters. The predicted octanol–water partition coefficient (Wildman–Crippen LogP) is 4.38. The summed E-state index contributed by atoms with van der Waals surface area (Å²) in [7, 11) is 0. The van der Waals surface area contributed by atoms with Gasteiger partial charge in [0.1, 0.15) is 0 Å². The van der Waals surface area contributed by atoms with E-state index in [0.717, 1.165) is 11.5 Å². The normalized spacial score (nSPS) is 11.5. The fourth-order valence-electron chi connectivity index (χ4n) is 1.82. The largest absolute Gasteiger partial charge is 0.115 e. The Balaban J connectivity index is 2.85. The van der Waals surface area contributed by atoms with E-state index in [-0.39, 0.29) is 5.41 Å². The van der Waals surface area contributed by atoms with Crippen LogP contribution in [0.25, 0.3) is 0 Å². The van der Waals surface area contributed by atoms with Gasteiger partial charge in [-0.25, -0.2) is 0 Å². The van der Waals surface area contributed by atoms with Gasteiger partial charge < -0.3 is 0 Å². The molecule has 0 aliphatic rings. The van der Waals surface area contributed by atoms with Gasteiger partial charge in [-0.2, -0.15) is 0 Å². The lowest BCUT2D eigenvalue weighted by Crippen LogP contribution is -2.18. The number of rotatable bonds is 4. The first-order chi connectivity index (χ1) is 7.45. The molecule has 0 bridgehead atoms. The lowest BCUT2D eigenvalue weighted by Gasteiger charge is -2.26. The van der Waals surface area contributed by atoms with E-state index in [1.807, 2.05) is 6.07 Å². The lowest BCUT2D eigenvalue weighted by molar-refractivity contribution is 0.414. The third kappa shape index (κ3) is 3.42. The predicted molar refractivity (Wildman–Crippen MR) is 71.5 cm³/mol. The maximum absolute atomic E-state index is 5.43. The van der Waals surface area contributed by atoms with Crippen molar-refractivity contribution in [3.8, 4) is 12.3 Å². The van der Waals surface area contributed by atoms with Gasteiger partial charge in [-0.1, -0.05) is 52.2 Å². The average molecular weight is 214 g/mol. The third-order valence-corrected chi connectivity index (χ3v) is 3.16. The van der Waals surface area contributed by atoms with Gasteiger partial charge in [0, 0.05) is 5.56 Å². The van der Waals surface area contributed by atoms with Gasteiger partial charge in [-0.05, 0) is 35.4 Å². The zero-order valence-electron chi connectivity index (χ0n) is 10.9. The molecular formula is C16H22. The summed E-state index contributed by atoms with van der Waals surface area (Å²) in [4.78, 5) is 0. The minimum atomic E-state index is 0.219. The topological polar surface area (TPSA) is 0 Å². The highest BCUT2D eigenvalue weighted by Gasteiger charge is 2.20. The van der Waals surface area contributed by atoms with E-state index in [0.29, 0.717) is 0 Å². The average Bonchev–Trinajstić information content (AvgIpc) is 2.27. The second-order valence-electron chi connectivity index (χ2n) is 5.54. The molecule has 0 nitrogen and oxygen atoms in total. The molecule has 0 aliphatic carbocycles. The van der Waals surface area contributed by atoms with E-state index in [1.54, 1.807) is 0 Å². The van der Waals surface area contributed by atoms with Crippen LogP contribution in [0.3, 0.4) is 0 Å². The van der Waals surface area contributed by atoms with Gasteiger partial charge in [0.25, 0.3) is 0 Å². The molecular weight excluding hydrogens is 192 g/mol. The van der Waals surface area contributed by atoms with E-state index in [1.165, 1.54) is 18.4 Å². The monoisotopic (exact) mass is 214 g/mol. The first kappa shape index (κ1) is 12.8. The molecule has 86 valence electrons. The molecule has 0 N–H and O–H groups in total. The zero-order chi connectivity index (χ0) is 12.2. The minimum absolute atomic E-state index is 0.219. The van der Waals surface area contributed by atoms with Crippen LogP contribution >= 0.6 is 0 Å². The highest BCUT2D eigenvalue weighted by molar-refractivity contribution is 5.37. The number of benzene rings is 1. The Morgan fingerprint density at radius 3 is 2.56 bits per heavy atom. The molecule has 16 heavy (non-hydrogen) atoms. The van der Waals surface area contributed by atoms with Gasteiger partial charge in [-0.3, -0.25) is 0 Å². The van der Waals surface area contributed by atoms with Gasteiger partial charge in [0.2, 0.25) is 0 Å². The second-order valence-corrected chi connectivity index (χ2v) is 5.54. The molecule has 0 aliphatic heterocycles. The summed E-state index contributed by atoms with van der Waals surface area (Å²) in [5.74, 6) is 3.46.